The molecule has 2 amide bonds. The van der Waals surface area contributed by atoms with E-state index in [1.54, 1.807) is 17.5 Å². The lowest BCUT2D eigenvalue weighted by atomic mass is 10.2. The summed E-state index contributed by atoms with van der Waals surface area (Å²) in [5.41, 5.74) is -1.17. The van der Waals surface area contributed by atoms with Crippen LogP contribution in [-0.4, -0.2) is 51.0 Å². The molecule has 2 aromatic heterocycles. The van der Waals surface area contributed by atoms with E-state index in [9.17, 15) is 24.0 Å². The molecule has 11 heteroatoms. The van der Waals surface area contributed by atoms with Gasteiger partial charge < -0.3 is 15.0 Å². The Morgan fingerprint density at radius 2 is 2.00 bits per heavy atom. The van der Waals surface area contributed by atoms with Gasteiger partial charge >= 0.3 is 11.7 Å². The van der Waals surface area contributed by atoms with Crippen molar-refractivity contribution in [3.63, 3.8) is 0 Å². The highest BCUT2D eigenvalue weighted by Crippen LogP contribution is 2.23. The molecule has 2 aromatic rings. The van der Waals surface area contributed by atoms with Crippen molar-refractivity contribution in [2.45, 2.75) is 18.9 Å². The summed E-state index contributed by atoms with van der Waals surface area (Å²) in [7, 11) is 2.72. The molecule has 1 aliphatic heterocycles. The molecule has 0 aromatic carbocycles. The molecule has 10 nitrogen and oxygen atoms in total. The number of hydrogen-bond acceptors (Lipinski definition) is 7. The quantitative estimate of drug-likeness (QED) is 0.677. The first-order valence-electron chi connectivity index (χ1n) is 8.87. The number of nitrogens with one attached hydrogen (secondary N) is 1. The van der Waals surface area contributed by atoms with Gasteiger partial charge in [-0.3, -0.25) is 23.5 Å². The Hall–Kier alpha value is -3.21. The number of carbonyl (C=O) groups is 3. The maximum Gasteiger partial charge on any atom is 0.332 e. The predicted octanol–water partition coefficient (Wildman–Crippen LogP) is -0.0680. The summed E-state index contributed by atoms with van der Waals surface area (Å²) < 4.78 is 7.06. The molecule has 0 aliphatic carbocycles. The number of aromatic nitrogens is 2. The molecule has 1 aliphatic rings. The summed E-state index contributed by atoms with van der Waals surface area (Å²) in [5.74, 6) is -1.61. The third-order valence-electron chi connectivity index (χ3n) is 4.66. The zero-order valence-corrected chi connectivity index (χ0v) is 16.7. The molecule has 3 heterocycles. The van der Waals surface area contributed by atoms with Gasteiger partial charge in [-0.15, -0.1) is 11.3 Å². The molecule has 1 N–H and O–H groups in total. The van der Waals surface area contributed by atoms with Crippen LogP contribution >= 0.6 is 11.3 Å². The van der Waals surface area contributed by atoms with Crippen LogP contribution in [-0.2, 0) is 28.4 Å². The lowest BCUT2D eigenvalue weighted by Gasteiger charge is -2.22. The van der Waals surface area contributed by atoms with Crippen molar-refractivity contribution in [1.82, 2.24) is 14.0 Å². The van der Waals surface area contributed by atoms with Crippen molar-refractivity contribution < 1.29 is 19.1 Å². The number of nitrogens with zero attached hydrogens (tertiary/aromatic N) is 3. The highest BCUT2D eigenvalue weighted by molar-refractivity contribution is 7.12. The van der Waals surface area contributed by atoms with Gasteiger partial charge in [0.1, 0.15) is 11.9 Å². The standard InChI is InChI=1S/C18H20N4O6S/c1-20-13(9-15(24)21(2)18(20)27)19-14(23)10-28-17(26)11-5-3-7-22(11)16(25)12-6-4-8-29-12/h4,6,8-9,11H,3,5,7,10H2,1-2H3,(H,19,23). The predicted molar refractivity (Wildman–Crippen MR) is 105 cm³/mol. The summed E-state index contributed by atoms with van der Waals surface area (Å²) in [4.78, 5) is 62.6. The Bertz CT molecular complexity index is 1060. The molecule has 3 rings (SSSR count). The average Bonchev–Trinajstić information content (AvgIpc) is 3.40. The van der Waals surface area contributed by atoms with Crippen LogP contribution in [0.1, 0.15) is 22.5 Å². The molecule has 1 fully saturated rings. The van der Waals surface area contributed by atoms with E-state index in [2.05, 4.69) is 5.32 Å². The molecular weight excluding hydrogens is 400 g/mol. The van der Waals surface area contributed by atoms with Gasteiger partial charge in [0.25, 0.3) is 17.4 Å². The summed E-state index contributed by atoms with van der Waals surface area (Å²) in [6, 6.07) is 3.80. The number of anilines is 1. The van der Waals surface area contributed by atoms with Gasteiger partial charge in [0, 0.05) is 26.7 Å². The van der Waals surface area contributed by atoms with E-state index < -0.39 is 35.8 Å². The fourth-order valence-electron chi connectivity index (χ4n) is 3.06. The Balaban J connectivity index is 1.60. The highest BCUT2D eigenvalue weighted by Gasteiger charge is 2.36. The van der Waals surface area contributed by atoms with Crippen LogP contribution < -0.4 is 16.6 Å². The van der Waals surface area contributed by atoms with Gasteiger partial charge in [-0.1, -0.05) is 6.07 Å². The van der Waals surface area contributed by atoms with Gasteiger partial charge in [0.15, 0.2) is 6.61 Å². The first-order valence-corrected chi connectivity index (χ1v) is 9.75. The second kappa shape index (κ2) is 8.43. The van der Waals surface area contributed by atoms with Crippen molar-refractivity contribution >= 4 is 34.9 Å². The van der Waals surface area contributed by atoms with Crippen LogP contribution in [0.3, 0.4) is 0 Å². The maximum absolute atomic E-state index is 12.5. The minimum Gasteiger partial charge on any atom is -0.454 e. The molecule has 0 bridgehead atoms. The number of carbonyl (C=O) groups excluding carboxylic acids is 3. The maximum atomic E-state index is 12.5. The summed E-state index contributed by atoms with van der Waals surface area (Å²) in [6.07, 6.45) is 1.12. The van der Waals surface area contributed by atoms with Crippen LogP contribution in [0.4, 0.5) is 5.82 Å². The normalized spacial score (nSPS) is 15.9. The molecule has 29 heavy (non-hydrogen) atoms. The number of amides is 2. The van der Waals surface area contributed by atoms with Crippen LogP contribution in [0.15, 0.2) is 33.2 Å². The largest absolute Gasteiger partial charge is 0.454 e. The van der Waals surface area contributed by atoms with Crippen molar-refractivity contribution in [3.05, 3.63) is 49.3 Å². The van der Waals surface area contributed by atoms with E-state index in [0.717, 1.165) is 15.2 Å². The molecular formula is C18H20N4O6S. The minimum absolute atomic E-state index is 0.00508. The van der Waals surface area contributed by atoms with Crippen LogP contribution in [0.2, 0.25) is 0 Å². The second-order valence-electron chi connectivity index (χ2n) is 6.56. The molecule has 0 spiro atoms. The molecule has 1 saturated heterocycles. The number of likely N-dealkylation sites (tertiary alicyclic amines) is 1. The van der Waals surface area contributed by atoms with Gasteiger partial charge in [-0.2, -0.15) is 0 Å². The first-order chi connectivity index (χ1) is 13.8. The Labute approximate surface area is 169 Å². The van der Waals surface area contributed by atoms with Crippen molar-refractivity contribution in [2.24, 2.45) is 14.1 Å². The van der Waals surface area contributed by atoms with E-state index in [1.807, 2.05) is 0 Å². The molecule has 154 valence electrons. The highest BCUT2D eigenvalue weighted by atomic mass is 32.1. The van der Waals surface area contributed by atoms with Crippen molar-refractivity contribution in [2.75, 3.05) is 18.5 Å². The van der Waals surface area contributed by atoms with Crippen LogP contribution in [0, 0.1) is 0 Å². The van der Waals surface area contributed by atoms with E-state index in [-0.39, 0.29) is 11.7 Å². The fraction of sp³-hybridized carbons (Fsp3) is 0.389. The molecule has 0 radical (unpaired) electrons. The van der Waals surface area contributed by atoms with Gasteiger partial charge in [0.2, 0.25) is 0 Å². The number of hydrogen-bond donors (Lipinski definition) is 1. The minimum atomic E-state index is -0.745. The zero-order valence-electron chi connectivity index (χ0n) is 15.9. The summed E-state index contributed by atoms with van der Waals surface area (Å²) in [5, 5.41) is 4.16. The number of rotatable bonds is 5. The van der Waals surface area contributed by atoms with E-state index in [0.29, 0.717) is 24.3 Å². The second-order valence-corrected chi connectivity index (χ2v) is 7.51. The molecule has 1 atom stereocenters. The van der Waals surface area contributed by atoms with Crippen LogP contribution in [0.25, 0.3) is 0 Å². The Morgan fingerprint density at radius 1 is 1.24 bits per heavy atom. The summed E-state index contributed by atoms with van der Waals surface area (Å²) >= 11 is 1.29. The third kappa shape index (κ3) is 4.29. The lowest BCUT2D eigenvalue weighted by molar-refractivity contribution is -0.151. The van der Waals surface area contributed by atoms with Gasteiger partial charge in [0.05, 0.1) is 4.88 Å². The number of ether oxygens (including phenoxy) is 1. The Morgan fingerprint density at radius 3 is 2.69 bits per heavy atom. The third-order valence-corrected chi connectivity index (χ3v) is 5.51. The monoisotopic (exact) mass is 420 g/mol. The Kier molecular flexibility index (Phi) is 5.97. The molecule has 1 unspecified atom stereocenters. The van der Waals surface area contributed by atoms with E-state index in [4.69, 9.17) is 4.74 Å². The van der Waals surface area contributed by atoms with E-state index in [1.165, 1.54) is 30.3 Å². The number of esters is 1. The van der Waals surface area contributed by atoms with E-state index >= 15 is 0 Å². The van der Waals surface area contributed by atoms with Crippen LogP contribution in [0.5, 0.6) is 0 Å². The smallest absolute Gasteiger partial charge is 0.332 e. The topological polar surface area (TPSA) is 120 Å². The number of thiophene rings is 1. The van der Waals surface area contributed by atoms with Crippen molar-refractivity contribution in [1.29, 1.82) is 0 Å². The average molecular weight is 420 g/mol. The zero-order chi connectivity index (χ0) is 21.1. The molecule has 0 saturated carbocycles. The van der Waals surface area contributed by atoms with Crippen molar-refractivity contribution in [3.8, 4) is 0 Å². The summed E-state index contributed by atoms with van der Waals surface area (Å²) in [6.45, 7) is -0.155. The lowest BCUT2D eigenvalue weighted by Crippen LogP contribution is -2.42. The van der Waals surface area contributed by atoms with Gasteiger partial charge in [-0.05, 0) is 24.3 Å². The fourth-order valence-corrected chi connectivity index (χ4v) is 3.74. The first kappa shape index (κ1) is 20.5. The van der Waals surface area contributed by atoms with Gasteiger partial charge in [-0.25, -0.2) is 9.59 Å². The SMILES string of the molecule is Cn1c(NC(=O)COC(=O)C2CCCN2C(=O)c2cccs2)cc(=O)n(C)c1=O.